The Balaban J connectivity index is 2.13. The van der Waals surface area contributed by atoms with Gasteiger partial charge in [0, 0.05) is 38.2 Å². The summed E-state index contributed by atoms with van der Waals surface area (Å²) < 4.78 is 5.27. The largest absolute Gasteiger partial charge is 0.379 e. The summed E-state index contributed by atoms with van der Waals surface area (Å²) in [5.74, 6) is 0.842. The highest BCUT2D eigenvalue weighted by molar-refractivity contribution is 6.12. The van der Waals surface area contributed by atoms with Crippen LogP contribution >= 0.6 is 0 Å². The standard InChI is InChI=1S/C18H27N5O2/c1-11-8-14(9-21-17(11)20-5)16(19-4)12(2)13(3)22-18(24)23-15-6-7-25-10-15/h8-9,15H,6-7,10H2,1-5H3,(H,20,21)(H2,22,23,24)/b13-12+,19-16+/t15-/m1/s1. The molecule has 0 unspecified atom stereocenters. The summed E-state index contributed by atoms with van der Waals surface area (Å²) >= 11 is 0. The summed E-state index contributed by atoms with van der Waals surface area (Å²) in [6.45, 7) is 7.07. The molecule has 136 valence electrons. The molecular formula is C18H27N5O2. The van der Waals surface area contributed by atoms with Gasteiger partial charge in [0.1, 0.15) is 5.82 Å². The molecule has 1 aromatic heterocycles. The van der Waals surface area contributed by atoms with Gasteiger partial charge in [-0.15, -0.1) is 0 Å². The molecule has 7 nitrogen and oxygen atoms in total. The van der Waals surface area contributed by atoms with Crippen molar-refractivity contribution in [1.29, 1.82) is 0 Å². The molecule has 0 bridgehead atoms. The first-order valence-corrected chi connectivity index (χ1v) is 8.41. The zero-order valence-corrected chi connectivity index (χ0v) is 15.6. The quantitative estimate of drug-likeness (QED) is 0.714. The van der Waals surface area contributed by atoms with Crippen molar-refractivity contribution in [2.45, 2.75) is 33.2 Å². The van der Waals surface area contributed by atoms with E-state index in [1.165, 1.54) is 0 Å². The molecule has 1 saturated heterocycles. The number of pyridine rings is 1. The van der Waals surface area contributed by atoms with E-state index in [9.17, 15) is 4.79 Å². The van der Waals surface area contributed by atoms with Gasteiger partial charge in [0.05, 0.1) is 18.4 Å². The highest BCUT2D eigenvalue weighted by Crippen LogP contribution is 2.17. The highest BCUT2D eigenvalue weighted by atomic mass is 16.5. The SMILES string of the molecule is C/N=C(\C(C)=C(/C)NC(=O)N[C@@H]1CCOC1)c1cnc(NC)c(C)c1. The number of aromatic nitrogens is 1. The molecule has 1 aliphatic rings. The summed E-state index contributed by atoms with van der Waals surface area (Å²) in [5.41, 5.74) is 4.42. The predicted molar refractivity (Wildman–Crippen MR) is 100 cm³/mol. The fourth-order valence-electron chi connectivity index (χ4n) is 2.79. The number of carbonyl (C=O) groups is 1. The number of hydrogen-bond donors (Lipinski definition) is 3. The number of hydrogen-bond acceptors (Lipinski definition) is 5. The lowest BCUT2D eigenvalue weighted by Gasteiger charge is -2.15. The van der Waals surface area contributed by atoms with Gasteiger partial charge in [-0.25, -0.2) is 9.78 Å². The molecule has 0 radical (unpaired) electrons. The lowest BCUT2D eigenvalue weighted by atomic mass is 10.0. The number of rotatable bonds is 5. The minimum absolute atomic E-state index is 0.0772. The maximum absolute atomic E-state index is 12.1. The van der Waals surface area contributed by atoms with Gasteiger partial charge in [-0.2, -0.15) is 0 Å². The number of carbonyl (C=O) groups excluding carboxylic acids is 1. The minimum Gasteiger partial charge on any atom is -0.379 e. The zero-order valence-electron chi connectivity index (χ0n) is 15.6. The summed E-state index contributed by atoms with van der Waals surface area (Å²) in [6.07, 6.45) is 2.63. The van der Waals surface area contributed by atoms with Crippen molar-refractivity contribution >= 4 is 17.6 Å². The molecule has 0 aromatic carbocycles. The Bertz CT molecular complexity index is 691. The molecule has 0 spiro atoms. The van der Waals surface area contributed by atoms with Crippen LogP contribution < -0.4 is 16.0 Å². The fourth-order valence-corrected chi connectivity index (χ4v) is 2.79. The number of aryl methyl sites for hydroxylation is 1. The van der Waals surface area contributed by atoms with E-state index in [0.717, 1.165) is 40.3 Å². The minimum atomic E-state index is -0.220. The fraction of sp³-hybridized carbons (Fsp3) is 0.500. The molecule has 7 heteroatoms. The van der Waals surface area contributed by atoms with Crippen LogP contribution in [0.1, 0.15) is 31.4 Å². The molecule has 1 aromatic rings. The van der Waals surface area contributed by atoms with Gasteiger partial charge in [-0.1, -0.05) is 0 Å². The number of urea groups is 1. The monoisotopic (exact) mass is 345 g/mol. The van der Waals surface area contributed by atoms with Gasteiger partial charge in [0.2, 0.25) is 0 Å². The van der Waals surface area contributed by atoms with E-state index < -0.39 is 0 Å². The van der Waals surface area contributed by atoms with Crippen molar-refractivity contribution < 1.29 is 9.53 Å². The summed E-state index contributed by atoms with van der Waals surface area (Å²) in [7, 11) is 3.58. The smallest absolute Gasteiger partial charge is 0.319 e. The third kappa shape index (κ3) is 4.79. The average molecular weight is 345 g/mol. The Kier molecular flexibility index (Phi) is 6.52. The second-order valence-corrected chi connectivity index (χ2v) is 6.12. The number of ether oxygens (including phenoxy) is 1. The van der Waals surface area contributed by atoms with Crippen LogP contribution in [0.3, 0.4) is 0 Å². The maximum Gasteiger partial charge on any atom is 0.319 e. The Morgan fingerprint density at radius 2 is 2.16 bits per heavy atom. The molecule has 2 amide bonds. The van der Waals surface area contributed by atoms with E-state index in [-0.39, 0.29) is 12.1 Å². The summed E-state index contributed by atoms with van der Waals surface area (Å²) in [6, 6.07) is 1.89. The molecule has 1 fully saturated rings. The van der Waals surface area contributed by atoms with E-state index >= 15 is 0 Å². The first kappa shape index (κ1) is 18.9. The molecule has 3 N–H and O–H groups in total. The third-order valence-electron chi connectivity index (χ3n) is 4.30. The summed E-state index contributed by atoms with van der Waals surface area (Å²) in [5, 5.41) is 8.86. The number of aliphatic imine (C=N–C) groups is 1. The Morgan fingerprint density at radius 1 is 1.40 bits per heavy atom. The normalized spacial score (nSPS) is 18.6. The first-order valence-electron chi connectivity index (χ1n) is 8.41. The van der Waals surface area contributed by atoms with Crippen molar-refractivity contribution in [3.8, 4) is 0 Å². The van der Waals surface area contributed by atoms with Crippen LogP contribution in [0.2, 0.25) is 0 Å². The first-order chi connectivity index (χ1) is 12.0. The lowest BCUT2D eigenvalue weighted by Crippen LogP contribution is -2.42. The third-order valence-corrected chi connectivity index (χ3v) is 4.30. The van der Waals surface area contributed by atoms with Gasteiger partial charge >= 0.3 is 6.03 Å². The van der Waals surface area contributed by atoms with Crippen molar-refractivity contribution in [3.63, 3.8) is 0 Å². The zero-order chi connectivity index (χ0) is 18.4. The molecular weight excluding hydrogens is 318 g/mol. The number of amides is 2. The molecule has 1 aliphatic heterocycles. The van der Waals surface area contributed by atoms with E-state index in [4.69, 9.17) is 4.74 Å². The summed E-state index contributed by atoms with van der Waals surface area (Å²) in [4.78, 5) is 20.9. The van der Waals surface area contributed by atoms with Crippen LogP contribution in [-0.2, 0) is 4.74 Å². The topological polar surface area (TPSA) is 87.6 Å². The van der Waals surface area contributed by atoms with Crippen LogP contribution in [0.15, 0.2) is 28.5 Å². The van der Waals surface area contributed by atoms with Crippen LogP contribution in [0.4, 0.5) is 10.6 Å². The van der Waals surface area contributed by atoms with Crippen molar-refractivity contribution in [3.05, 3.63) is 34.7 Å². The van der Waals surface area contributed by atoms with Gasteiger partial charge in [0.15, 0.2) is 0 Å². The molecule has 2 heterocycles. The van der Waals surface area contributed by atoms with Gasteiger partial charge in [-0.3, -0.25) is 4.99 Å². The van der Waals surface area contributed by atoms with Crippen LogP contribution in [-0.4, -0.2) is 50.1 Å². The van der Waals surface area contributed by atoms with Crippen molar-refractivity contribution in [1.82, 2.24) is 15.6 Å². The van der Waals surface area contributed by atoms with E-state index in [0.29, 0.717) is 13.2 Å². The lowest BCUT2D eigenvalue weighted by molar-refractivity contribution is 0.188. The molecule has 2 rings (SSSR count). The number of nitrogens with zero attached hydrogens (tertiary/aromatic N) is 2. The van der Waals surface area contributed by atoms with E-state index in [1.54, 1.807) is 13.2 Å². The van der Waals surface area contributed by atoms with Crippen LogP contribution in [0.25, 0.3) is 0 Å². The molecule has 25 heavy (non-hydrogen) atoms. The second kappa shape index (κ2) is 8.62. The second-order valence-electron chi connectivity index (χ2n) is 6.12. The maximum atomic E-state index is 12.1. The van der Waals surface area contributed by atoms with Gasteiger partial charge in [0.25, 0.3) is 0 Å². The van der Waals surface area contributed by atoms with E-state index in [1.807, 2.05) is 33.9 Å². The van der Waals surface area contributed by atoms with E-state index in [2.05, 4.69) is 25.9 Å². The van der Waals surface area contributed by atoms with Crippen molar-refractivity contribution in [2.24, 2.45) is 4.99 Å². The Hall–Kier alpha value is -2.41. The van der Waals surface area contributed by atoms with Crippen LogP contribution in [0.5, 0.6) is 0 Å². The average Bonchev–Trinajstić information content (AvgIpc) is 3.08. The van der Waals surface area contributed by atoms with Crippen LogP contribution in [0, 0.1) is 6.92 Å². The number of anilines is 1. The molecule has 1 atom stereocenters. The number of allylic oxidation sites excluding steroid dienone is 2. The molecule has 0 aliphatic carbocycles. The Morgan fingerprint density at radius 3 is 2.72 bits per heavy atom. The Labute approximate surface area is 149 Å². The number of nitrogens with one attached hydrogen (secondary N) is 3. The predicted octanol–water partition coefficient (Wildman–Crippen LogP) is 2.23. The van der Waals surface area contributed by atoms with Gasteiger partial charge < -0.3 is 20.7 Å². The van der Waals surface area contributed by atoms with Gasteiger partial charge in [-0.05, 0) is 44.4 Å². The molecule has 0 saturated carbocycles. The highest BCUT2D eigenvalue weighted by Gasteiger charge is 2.18. The van der Waals surface area contributed by atoms with Crippen molar-refractivity contribution in [2.75, 3.05) is 32.6 Å².